The first-order chi connectivity index (χ1) is 11.1. The molecule has 1 N–H and O–H groups in total. The summed E-state index contributed by atoms with van der Waals surface area (Å²) in [5, 5.41) is 2.84. The molecule has 0 aliphatic carbocycles. The molecule has 0 spiro atoms. The van der Waals surface area contributed by atoms with E-state index in [2.05, 4.69) is 10.3 Å². The number of nitrogens with one attached hydrogen (secondary N) is 1. The molecule has 0 aromatic carbocycles. The number of urea groups is 1. The first-order valence-electron chi connectivity index (χ1n) is 8.04. The molecule has 124 valence electrons. The minimum atomic E-state index is 0.0196. The Hall–Kier alpha value is -2.31. The number of rotatable bonds is 3. The van der Waals surface area contributed by atoms with Crippen LogP contribution in [0.15, 0.2) is 18.3 Å². The molecule has 1 aromatic rings. The van der Waals surface area contributed by atoms with Crippen molar-refractivity contribution in [3.63, 3.8) is 0 Å². The zero-order valence-electron chi connectivity index (χ0n) is 13.7. The predicted octanol–water partition coefficient (Wildman–Crippen LogP) is 0.777. The number of aromatic nitrogens is 1. The molecule has 0 bridgehead atoms. The van der Waals surface area contributed by atoms with Crippen molar-refractivity contribution < 1.29 is 9.59 Å². The third-order valence-electron chi connectivity index (χ3n) is 4.52. The van der Waals surface area contributed by atoms with Gasteiger partial charge in [0.15, 0.2) is 0 Å². The molecule has 0 unspecified atom stereocenters. The predicted molar refractivity (Wildman–Crippen MR) is 87.6 cm³/mol. The molecular formula is C16H23N5O2. The maximum absolute atomic E-state index is 12.8. The molecule has 0 atom stereocenters. The number of carbonyl (C=O) groups is 2. The van der Waals surface area contributed by atoms with Crippen LogP contribution >= 0.6 is 0 Å². The van der Waals surface area contributed by atoms with E-state index >= 15 is 0 Å². The van der Waals surface area contributed by atoms with Gasteiger partial charge in [-0.1, -0.05) is 0 Å². The van der Waals surface area contributed by atoms with E-state index in [1.54, 1.807) is 12.3 Å². The Labute approximate surface area is 136 Å². The van der Waals surface area contributed by atoms with Crippen molar-refractivity contribution >= 4 is 17.8 Å². The number of hydrogen-bond acceptors (Lipinski definition) is 4. The van der Waals surface area contributed by atoms with E-state index in [9.17, 15) is 9.59 Å². The van der Waals surface area contributed by atoms with Crippen LogP contribution < -0.4 is 10.2 Å². The van der Waals surface area contributed by atoms with Crippen LogP contribution in [0.5, 0.6) is 0 Å². The molecule has 0 radical (unpaired) electrons. The van der Waals surface area contributed by atoms with Gasteiger partial charge in [0, 0.05) is 52.5 Å². The topological polar surface area (TPSA) is 68.8 Å². The zero-order valence-corrected chi connectivity index (χ0v) is 13.7. The van der Waals surface area contributed by atoms with E-state index < -0.39 is 0 Å². The van der Waals surface area contributed by atoms with Crippen LogP contribution in [0.2, 0.25) is 0 Å². The number of nitrogens with zero attached hydrogens (tertiary/aromatic N) is 4. The fraction of sp³-hybridized carbons (Fsp3) is 0.562. The standard InChI is InChI=1S/C16H23N5O2/c1-19(2)14-13(4-3-7-17-14)15(22)20-9-5-12(6-10-20)21-11-8-18-16(21)23/h3-4,7,12H,5-6,8-11H2,1-2H3,(H,18,23). The van der Waals surface area contributed by atoms with E-state index in [-0.39, 0.29) is 18.0 Å². The third-order valence-corrected chi connectivity index (χ3v) is 4.52. The van der Waals surface area contributed by atoms with Crippen LogP contribution in [0.4, 0.5) is 10.6 Å². The molecule has 2 fully saturated rings. The van der Waals surface area contributed by atoms with Gasteiger partial charge >= 0.3 is 6.03 Å². The fourth-order valence-corrected chi connectivity index (χ4v) is 3.31. The van der Waals surface area contributed by atoms with Crippen molar-refractivity contribution in [1.82, 2.24) is 20.1 Å². The van der Waals surface area contributed by atoms with Gasteiger partial charge < -0.3 is 20.0 Å². The number of hydrogen-bond donors (Lipinski definition) is 1. The van der Waals surface area contributed by atoms with Crippen LogP contribution in [-0.4, -0.2) is 73.0 Å². The second-order valence-corrected chi connectivity index (χ2v) is 6.22. The molecular weight excluding hydrogens is 294 g/mol. The smallest absolute Gasteiger partial charge is 0.317 e. The maximum atomic E-state index is 12.8. The Morgan fingerprint density at radius 1 is 1.30 bits per heavy atom. The van der Waals surface area contributed by atoms with E-state index in [0.717, 1.165) is 25.9 Å². The SMILES string of the molecule is CN(C)c1ncccc1C(=O)N1CCC(N2CCNC2=O)CC1. The van der Waals surface area contributed by atoms with Gasteiger partial charge in [-0.3, -0.25) is 4.79 Å². The molecule has 0 saturated carbocycles. The second kappa shape index (κ2) is 6.44. The van der Waals surface area contributed by atoms with Crippen LogP contribution in [0.1, 0.15) is 23.2 Å². The zero-order chi connectivity index (χ0) is 16.4. The lowest BCUT2D eigenvalue weighted by Crippen LogP contribution is -2.47. The molecule has 7 heteroatoms. The van der Waals surface area contributed by atoms with Crippen LogP contribution in [0, 0.1) is 0 Å². The van der Waals surface area contributed by atoms with Crippen LogP contribution in [0.25, 0.3) is 0 Å². The van der Waals surface area contributed by atoms with Gasteiger partial charge in [-0.15, -0.1) is 0 Å². The molecule has 1 aromatic heterocycles. The van der Waals surface area contributed by atoms with Gasteiger partial charge in [-0.2, -0.15) is 0 Å². The Bertz CT molecular complexity index is 596. The highest BCUT2D eigenvalue weighted by Crippen LogP contribution is 2.22. The molecule has 3 heterocycles. The van der Waals surface area contributed by atoms with Gasteiger partial charge in [-0.25, -0.2) is 9.78 Å². The lowest BCUT2D eigenvalue weighted by molar-refractivity contribution is 0.0666. The van der Waals surface area contributed by atoms with Crippen molar-refractivity contribution in [3.8, 4) is 0 Å². The average molecular weight is 317 g/mol. The summed E-state index contributed by atoms with van der Waals surface area (Å²) in [6.07, 6.45) is 3.36. The summed E-state index contributed by atoms with van der Waals surface area (Å²) in [6, 6.07) is 3.88. The normalized spacial score (nSPS) is 19.0. The fourth-order valence-electron chi connectivity index (χ4n) is 3.31. The quantitative estimate of drug-likeness (QED) is 0.894. The highest BCUT2D eigenvalue weighted by atomic mass is 16.2. The monoisotopic (exact) mass is 317 g/mol. The Morgan fingerprint density at radius 2 is 2.04 bits per heavy atom. The van der Waals surface area contributed by atoms with Crippen molar-refractivity contribution in [3.05, 3.63) is 23.9 Å². The molecule has 23 heavy (non-hydrogen) atoms. The minimum absolute atomic E-state index is 0.0196. The van der Waals surface area contributed by atoms with Gasteiger partial charge in [-0.05, 0) is 25.0 Å². The van der Waals surface area contributed by atoms with Crippen molar-refractivity contribution in [2.45, 2.75) is 18.9 Å². The lowest BCUT2D eigenvalue weighted by Gasteiger charge is -2.36. The number of carbonyl (C=O) groups excluding carboxylic acids is 2. The minimum Gasteiger partial charge on any atom is -0.362 e. The Morgan fingerprint density at radius 3 is 2.65 bits per heavy atom. The summed E-state index contributed by atoms with van der Waals surface area (Å²) in [4.78, 5) is 34.5. The number of anilines is 1. The van der Waals surface area contributed by atoms with Gasteiger partial charge in [0.05, 0.1) is 5.56 Å². The summed E-state index contributed by atoms with van der Waals surface area (Å²) in [6.45, 7) is 2.84. The van der Waals surface area contributed by atoms with E-state index in [1.165, 1.54) is 0 Å². The first-order valence-corrected chi connectivity index (χ1v) is 8.04. The maximum Gasteiger partial charge on any atom is 0.317 e. The number of likely N-dealkylation sites (tertiary alicyclic amines) is 1. The number of pyridine rings is 1. The summed E-state index contributed by atoms with van der Waals surface area (Å²) in [5.41, 5.74) is 0.634. The number of piperidine rings is 1. The van der Waals surface area contributed by atoms with Crippen molar-refractivity contribution in [2.24, 2.45) is 0 Å². The van der Waals surface area contributed by atoms with E-state index in [4.69, 9.17) is 0 Å². The van der Waals surface area contributed by atoms with Crippen LogP contribution in [-0.2, 0) is 0 Å². The lowest BCUT2D eigenvalue weighted by atomic mass is 10.0. The highest BCUT2D eigenvalue weighted by molar-refractivity contribution is 5.98. The van der Waals surface area contributed by atoms with Gasteiger partial charge in [0.2, 0.25) is 0 Å². The summed E-state index contributed by atoms with van der Waals surface area (Å²) in [7, 11) is 3.77. The summed E-state index contributed by atoms with van der Waals surface area (Å²) < 4.78 is 0. The highest BCUT2D eigenvalue weighted by Gasteiger charge is 2.32. The largest absolute Gasteiger partial charge is 0.362 e. The van der Waals surface area contributed by atoms with E-state index in [1.807, 2.05) is 34.9 Å². The molecule has 2 saturated heterocycles. The summed E-state index contributed by atoms with van der Waals surface area (Å²) in [5.74, 6) is 0.713. The Balaban J connectivity index is 1.66. The third kappa shape index (κ3) is 3.09. The van der Waals surface area contributed by atoms with Crippen molar-refractivity contribution in [1.29, 1.82) is 0 Å². The molecule has 3 rings (SSSR count). The molecule has 7 nitrogen and oxygen atoms in total. The van der Waals surface area contributed by atoms with E-state index in [0.29, 0.717) is 24.5 Å². The Kier molecular flexibility index (Phi) is 4.36. The summed E-state index contributed by atoms with van der Waals surface area (Å²) >= 11 is 0. The second-order valence-electron chi connectivity index (χ2n) is 6.22. The van der Waals surface area contributed by atoms with Crippen LogP contribution in [0.3, 0.4) is 0 Å². The molecule has 2 aliphatic heterocycles. The number of amides is 3. The van der Waals surface area contributed by atoms with Gasteiger partial charge in [0.1, 0.15) is 5.82 Å². The molecule has 2 aliphatic rings. The first kappa shape index (κ1) is 15.6. The van der Waals surface area contributed by atoms with Crippen molar-refractivity contribution in [2.75, 3.05) is 45.2 Å². The van der Waals surface area contributed by atoms with Gasteiger partial charge in [0.25, 0.3) is 5.91 Å². The average Bonchev–Trinajstić information content (AvgIpc) is 3.00. The molecule has 3 amide bonds.